The second-order valence-corrected chi connectivity index (χ2v) is 9.78. The van der Waals surface area contributed by atoms with Gasteiger partial charge in [-0.1, -0.05) is 24.3 Å². The average molecular weight is 557 g/mol. The van der Waals surface area contributed by atoms with Crippen molar-refractivity contribution >= 4 is 60.3 Å². The summed E-state index contributed by atoms with van der Waals surface area (Å²) in [7, 11) is -8.59. The van der Waals surface area contributed by atoms with E-state index in [-0.39, 0.29) is 39.3 Å². The Morgan fingerprint density at radius 3 is 1.62 bits per heavy atom. The van der Waals surface area contributed by atoms with E-state index in [1.165, 1.54) is 18.2 Å². The predicted molar refractivity (Wildman–Crippen MR) is 141 cm³/mol. The normalized spacial score (nSPS) is 10.8. The van der Waals surface area contributed by atoms with Gasteiger partial charge in [-0.15, -0.1) is 0 Å². The Labute approximate surface area is 213 Å². The van der Waals surface area contributed by atoms with Crippen molar-refractivity contribution in [3.63, 3.8) is 0 Å². The van der Waals surface area contributed by atoms with Gasteiger partial charge in [0.05, 0.1) is 40.6 Å². The van der Waals surface area contributed by atoms with Crippen molar-refractivity contribution in [1.29, 1.82) is 0 Å². The van der Waals surface area contributed by atoms with E-state index < -0.39 is 25.1 Å². The van der Waals surface area contributed by atoms with Crippen LogP contribution in [0, 0.1) is 0 Å². The number of hydrogen-bond acceptors (Lipinski definition) is 12. The molecule has 0 amide bonds. The number of nitrogen functional groups attached to an aromatic ring is 6. The lowest BCUT2D eigenvalue weighted by atomic mass is 10.2. The summed E-state index contributed by atoms with van der Waals surface area (Å²) in [4.78, 5) is 10.4. The third-order valence-corrected chi connectivity index (χ3v) is 6.20. The molecule has 0 unspecified atom stereocenters. The molecule has 0 radical (unpaired) electrons. The number of esters is 1. The summed E-state index contributed by atoms with van der Waals surface area (Å²) < 4.78 is 64.7. The lowest BCUT2D eigenvalue weighted by molar-refractivity contribution is 0.0527. The van der Waals surface area contributed by atoms with E-state index >= 15 is 0 Å². The molecule has 0 bridgehead atoms. The third kappa shape index (κ3) is 8.73. The minimum absolute atomic E-state index is 0.00472. The highest BCUT2D eigenvalue weighted by molar-refractivity contribution is 7.86. The number of carbonyl (C=O) groups is 1. The summed E-state index contributed by atoms with van der Waals surface area (Å²) in [5.74, 6) is -0.365. The van der Waals surface area contributed by atoms with Crippen LogP contribution in [0.1, 0.15) is 17.3 Å². The first-order valence-corrected chi connectivity index (χ1v) is 12.9. The van der Waals surface area contributed by atoms with Crippen molar-refractivity contribution in [3.05, 3.63) is 60.2 Å². The van der Waals surface area contributed by atoms with E-state index in [4.69, 9.17) is 48.2 Å². The molecule has 202 valence electrons. The molecule has 3 aromatic rings. The number of hydrogen-bond donors (Lipinski definition) is 8. The largest absolute Gasteiger partial charge is 0.462 e. The molecule has 3 rings (SSSR count). The van der Waals surface area contributed by atoms with Crippen LogP contribution in [0.3, 0.4) is 0 Å². The van der Waals surface area contributed by atoms with Crippen molar-refractivity contribution in [2.75, 3.05) is 41.0 Å². The molecule has 14 N–H and O–H groups in total. The van der Waals surface area contributed by atoms with Gasteiger partial charge in [0.2, 0.25) is 0 Å². The monoisotopic (exact) mass is 556 g/mol. The van der Waals surface area contributed by atoms with Crippen LogP contribution >= 0.6 is 0 Å². The maximum Gasteiger partial charge on any atom is 0.340 e. The van der Waals surface area contributed by atoms with Crippen LogP contribution in [0.15, 0.2) is 64.4 Å². The van der Waals surface area contributed by atoms with Crippen molar-refractivity contribution in [3.8, 4) is 0 Å². The second kappa shape index (κ2) is 12.6. The first-order chi connectivity index (χ1) is 17.0. The molecule has 16 heteroatoms. The Hall–Kier alpha value is -4.25. The van der Waals surface area contributed by atoms with Crippen molar-refractivity contribution < 1.29 is 35.5 Å². The van der Waals surface area contributed by atoms with Crippen LogP contribution in [0.2, 0.25) is 0 Å². The summed E-state index contributed by atoms with van der Waals surface area (Å²) in [6, 6.07) is 13.5. The topological polar surface area (TPSA) is 291 Å². The summed E-state index contributed by atoms with van der Waals surface area (Å²) in [6.45, 7) is 2.13. The van der Waals surface area contributed by atoms with Gasteiger partial charge in [0, 0.05) is 5.69 Å². The highest BCUT2D eigenvalue weighted by Crippen LogP contribution is 2.34. The zero-order valence-corrected chi connectivity index (χ0v) is 21.2. The summed E-state index contributed by atoms with van der Waals surface area (Å²) in [5, 5.41) is 0. The number of anilines is 6. The van der Waals surface area contributed by atoms with E-state index in [1.54, 1.807) is 37.3 Å². The van der Waals surface area contributed by atoms with Gasteiger partial charge in [-0.05, 0) is 37.3 Å². The van der Waals surface area contributed by atoms with Gasteiger partial charge >= 0.3 is 5.97 Å². The molecule has 14 nitrogen and oxygen atoms in total. The summed E-state index contributed by atoms with van der Waals surface area (Å²) >= 11 is 0. The number of ether oxygens (including phenoxy) is 1. The smallest absolute Gasteiger partial charge is 0.340 e. The lowest BCUT2D eigenvalue weighted by Crippen LogP contribution is -2.10. The molecule has 0 fully saturated rings. The Morgan fingerprint density at radius 2 is 1.19 bits per heavy atom. The highest BCUT2D eigenvalue weighted by Gasteiger charge is 2.19. The molecule has 0 aromatic heterocycles. The van der Waals surface area contributed by atoms with Gasteiger partial charge in [-0.2, -0.15) is 16.8 Å². The van der Waals surface area contributed by atoms with Crippen LogP contribution in [0.25, 0.3) is 0 Å². The molecule has 37 heavy (non-hydrogen) atoms. The SMILES string of the molecule is CCOC(=O)c1ccccc1N.Nc1cc(S(=O)(=O)O)c(N)c(N)c1N.Nc1ccccc1S(=O)(=O)O. The molecule has 0 heterocycles. The standard InChI is InChI=1S/C9H11NO2.C6H10N4O3S.C6H7NO3S/c1-2-12-9(11)7-5-3-4-6-8(7)10;7-2-1-3(14(11,12)13)5(9)6(10)4(2)8;7-5-3-1-2-4-6(5)11(8,9)10/h3-6H,2,10H2,1H3;1H,7-10H2,(H,11,12,13);1-4H,7H2,(H,8,9,10). The molecule has 3 aromatic carbocycles. The lowest BCUT2D eigenvalue weighted by Gasteiger charge is -2.10. The Balaban J connectivity index is 0.000000280. The Morgan fingerprint density at radius 1 is 0.703 bits per heavy atom. The quantitative estimate of drug-likeness (QED) is 0.127. The Kier molecular flexibility index (Phi) is 10.5. The fourth-order valence-electron chi connectivity index (χ4n) is 2.55. The fraction of sp³-hybridized carbons (Fsp3) is 0.0952. The van der Waals surface area contributed by atoms with Gasteiger partial charge < -0.3 is 39.1 Å². The molecule has 0 atom stereocenters. The highest BCUT2D eigenvalue weighted by atomic mass is 32.2. The first-order valence-electron chi connectivity index (χ1n) is 10.1. The zero-order chi connectivity index (χ0) is 28.6. The van der Waals surface area contributed by atoms with E-state index in [9.17, 15) is 21.6 Å². The number of para-hydroxylation sites is 2. The number of rotatable bonds is 4. The van der Waals surface area contributed by atoms with Crippen molar-refractivity contribution in [2.24, 2.45) is 0 Å². The van der Waals surface area contributed by atoms with E-state index in [1.807, 2.05) is 0 Å². The molecular formula is C21H28N6O8S2. The minimum Gasteiger partial charge on any atom is -0.462 e. The third-order valence-electron chi connectivity index (χ3n) is 4.37. The van der Waals surface area contributed by atoms with Crippen LogP contribution in [-0.4, -0.2) is 38.5 Å². The maximum absolute atomic E-state index is 11.2. The fourth-order valence-corrected chi connectivity index (χ4v) is 3.83. The van der Waals surface area contributed by atoms with Gasteiger partial charge in [0.25, 0.3) is 20.2 Å². The number of carbonyl (C=O) groups excluding carboxylic acids is 1. The average Bonchev–Trinajstić information content (AvgIpc) is 2.80. The second-order valence-electron chi connectivity index (χ2n) is 7.00. The molecule has 0 aliphatic carbocycles. The van der Waals surface area contributed by atoms with Crippen LogP contribution < -0.4 is 34.4 Å². The van der Waals surface area contributed by atoms with Crippen LogP contribution in [0.4, 0.5) is 34.1 Å². The van der Waals surface area contributed by atoms with Crippen molar-refractivity contribution in [1.82, 2.24) is 0 Å². The van der Waals surface area contributed by atoms with E-state index in [2.05, 4.69) is 0 Å². The van der Waals surface area contributed by atoms with Crippen molar-refractivity contribution in [2.45, 2.75) is 16.7 Å². The number of benzene rings is 3. The molecule has 0 saturated carbocycles. The van der Waals surface area contributed by atoms with Gasteiger partial charge in [0.1, 0.15) is 9.79 Å². The molecule has 0 aliphatic heterocycles. The van der Waals surface area contributed by atoms with Crippen LogP contribution in [-0.2, 0) is 25.0 Å². The summed E-state index contributed by atoms with van der Waals surface area (Å²) in [6.07, 6.45) is 0. The van der Waals surface area contributed by atoms with Gasteiger partial charge in [0.15, 0.2) is 0 Å². The van der Waals surface area contributed by atoms with E-state index in [0.29, 0.717) is 17.9 Å². The maximum atomic E-state index is 11.2. The molecule has 0 aliphatic rings. The van der Waals surface area contributed by atoms with E-state index in [0.717, 1.165) is 6.07 Å². The minimum atomic E-state index is -4.44. The van der Waals surface area contributed by atoms with Crippen LogP contribution in [0.5, 0.6) is 0 Å². The zero-order valence-electron chi connectivity index (χ0n) is 19.5. The Bertz CT molecular complexity index is 1480. The number of nitrogens with two attached hydrogens (primary N) is 6. The predicted octanol–water partition coefficient (Wildman–Crippen LogP) is 1.22. The molecular weight excluding hydrogens is 528 g/mol. The van der Waals surface area contributed by atoms with Gasteiger partial charge in [-0.3, -0.25) is 9.11 Å². The molecule has 0 spiro atoms. The molecule has 0 saturated heterocycles. The summed E-state index contributed by atoms with van der Waals surface area (Å²) in [5.41, 5.74) is 32.7. The van der Waals surface area contributed by atoms with Gasteiger partial charge in [-0.25, -0.2) is 4.79 Å². The first kappa shape index (κ1) is 30.8.